The molecule has 0 unspecified atom stereocenters. The first kappa shape index (κ1) is 12.5. The van der Waals surface area contributed by atoms with Crippen molar-refractivity contribution < 1.29 is 13.2 Å². The Bertz CT molecular complexity index is 328. The summed E-state index contributed by atoms with van der Waals surface area (Å²) in [6, 6.07) is 1.51. The number of alkyl halides is 3. The number of nitrogen functional groups attached to an aromatic ring is 1. The maximum Gasteiger partial charge on any atom is 0.389 e. The zero-order valence-corrected chi connectivity index (χ0v) is 8.38. The van der Waals surface area contributed by atoms with E-state index in [4.69, 9.17) is 5.84 Å². The Morgan fingerprint density at radius 3 is 2.56 bits per heavy atom. The van der Waals surface area contributed by atoms with Crippen molar-refractivity contribution in [1.29, 1.82) is 0 Å². The predicted octanol–water partition coefficient (Wildman–Crippen LogP) is 1.52. The lowest BCUT2D eigenvalue weighted by atomic mass is 10.3. The van der Waals surface area contributed by atoms with Gasteiger partial charge < -0.3 is 10.7 Å². The number of nitrogens with two attached hydrogens (primary N) is 1. The summed E-state index contributed by atoms with van der Waals surface area (Å²) >= 11 is 0. The van der Waals surface area contributed by atoms with Crippen LogP contribution in [0.1, 0.15) is 12.8 Å². The van der Waals surface area contributed by atoms with Crippen molar-refractivity contribution in [2.75, 3.05) is 17.3 Å². The zero-order valence-electron chi connectivity index (χ0n) is 8.38. The number of anilines is 2. The Hall–Kier alpha value is -1.57. The normalized spacial score (nSPS) is 11.2. The smallest absolute Gasteiger partial charge is 0.370 e. The number of aromatic nitrogens is 2. The van der Waals surface area contributed by atoms with Crippen molar-refractivity contribution in [3.63, 3.8) is 0 Å². The molecule has 1 heterocycles. The summed E-state index contributed by atoms with van der Waals surface area (Å²) in [5.74, 6) is 5.95. The molecule has 0 spiro atoms. The number of hydrogen-bond acceptors (Lipinski definition) is 5. The Morgan fingerprint density at radius 2 is 1.94 bits per heavy atom. The van der Waals surface area contributed by atoms with Crippen molar-refractivity contribution >= 4 is 11.6 Å². The number of nitrogens with zero attached hydrogens (tertiary/aromatic N) is 2. The largest absolute Gasteiger partial charge is 0.389 e. The SMILES string of the molecule is NNc1cc(NCCCC(F)(F)F)ncn1. The molecule has 0 fully saturated rings. The molecule has 0 aliphatic heterocycles. The van der Waals surface area contributed by atoms with Crippen molar-refractivity contribution in [3.05, 3.63) is 12.4 Å². The van der Waals surface area contributed by atoms with Crippen LogP contribution in [0.5, 0.6) is 0 Å². The van der Waals surface area contributed by atoms with Gasteiger partial charge in [-0.15, -0.1) is 0 Å². The van der Waals surface area contributed by atoms with Crippen LogP contribution in [0, 0.1) is 0 Å². The molecule has 16 heavy (non-hydrogen) atoms. The van der Waals surface area contributed by atoms with Gasteiger partial charge in [-0.1, -0.05) is 0 Å². The van der Waals surface area contributed by atoms with Gasteiger partial charge in [0.1, 0.15) is 18.0 Å². The lowest BCUT2D eigenvalue weighted by molar-refractivity contribution is -0.134. The molecule has 0 saturated carbocycles. The molecular formula is C8H12F3N5. The van der Waals surface area contributed by atoms with Crippen LogP contribution in [0.2, 0.25) is 0 Å². The molecule has 1 aromatic rings. The number of hydrogen-bond donors (Lipinski definition) is 3. The van der Waals surface area contributed by atoms with Crippen LogP contribution in [0.4, 0.5) is 24.8 Å². The minimum Gasteiger partial charge on any atom is -0.370 e. The van der Waals surface area contributed by atoms with E-state index in [9.17, 15) is 13.2 Å². The maximum atomic E-state index is 11.8. The fourth-order valence-corrected chi connectivity index (χ4v) is 1.04. The van der Waals surface area contributed by atoms with E-state index in [1.807, 2.05) is 0 Å². The molecule has 0 atom stereocenters. The minimum absolute atomic E-state index is 0.00110. The lowest BCUT2D eigenvalue weighted by Gasteiger charge is -2.08. The predicted molar refractivity (Wildman–Crippen MR) is 53.6 cm³/mol. The zero-order chi connectivity index (χ0) is 12.0. The third-order valence-electron chi connectivity index (χ3n) is 1.76. The molecule has 1 aromatic heterocycles. The van der Waals surface area contributed by atoms with Gasteiger partial charge in [-0.3, -0.25) is 0 Å². The fraction of sp³-hybridized carbons (Fsp3) is 0.500. The van der Waals surface area contributed by atoms with Crippen molar-refractivity contribution in [3.8, 4) is 0 Å². The molecule has 8 heteroatoms. The second-order valence-electron chi connectivity index (χ2n) is 3.08. The third-order valence-corrected chi connectivity index (χ3v) is 1.76. The molecule has 0 bridgehead atoms. The van der Waals surface area contributed by atoms with E-state index in [0.29, 0.717) is 11.6 Å². The van der Waals surface area contributed by atoms with Crippen LogP contribution in [0.15, 0.2) is 12.4 Å². The first-order valence-electron chi connectivity index (χ1n) is 4.60. The highest BCUT2D eigenvalue weighted by Gasteiger charge is 2.25. The van der Waals surface area contributed by atoms with E-state index in [1.54, 1.807) is 0 Å². The van der Waals surface area contributed by atoms with Gasteiger partial charge in [0.25, 0.3) is 0 Å². The van der Waals surface area contributed by atoms with E-state index in [-0.39, 0.29) is 13.0 Å². The monoisotopic (exact) mass is 235 g/mol. The van der Waals surface area contributed by atoms with Crippen molar-refractivity contribution in [1.82, 2.24) is 9.97 Å². The van der Waals surface area contributed by atoms with Gasteiger partial charge in [0.05, 0.1) is 0 Å². The van der Waals surface area contributed by atoms with E-state index >= 15 is 0 Å². The highest BCUT2D eigenvalue weighted by molar-refractivity contribution is 5.45. The standard InChI is InChI=1S/C8H12F3N5/c9-8(10,11)2-1-3-13-6-4-7(16-12)15-5-14-6/h4-5H,1-3,12H2,(H2,13,14,15,16). The second kappa shape index (κ2) is 5.50. The topological polar surface area (TPSA) is 75.9 Å². The molecule has 0 aliphatic carbocycles. The molecule has 5 nitrogen and oxygen atoms in total. The number of rotatable bonds is 5. The van der Waals surface area contributed by atoms with Gasteiger partial charge in [-0.2, -0.15) is 13.2 Å². The van der Waals surface area contributed by atoms with Crippen LogP contribution in [-0.4, -0.2) is 22.7 Å². The van der Waals surface area contributed by atoms with Gasteiger partial charge in [-0.05, 0) is 6.42 Å². The van der Waals surface area contributed by atoms with Gasteiger partial charge in [-0.25, -0.2) is 15.8 Å². The molecule has 0 saturated heterocycles. The molecule has 4 N–H and O–H groups in total. The van der Waals surface area contributed by atoms with Crippen LogP contribution in [0.3, 0.4) is 0 Å². The summed E-state index contributed by atoms with van der Waals surface area (Å²) in [7, 11) is 0. The van der Waals surface area contributed by atoms with Gasteiger partial charge in [0.2, 0.25) is 0 Å². The molecule has 90 valence electrons. The van der Waals surface area contributed by atoms with Gasteiger partial charge in [0.15, 0.2) is 0 Å². The van der Waals surface area contributed by atoms with Crippen LogP contribution >= 0.6 is 0 Å². The second-order valence-corrected chi connectivity index (χ2v) is 3.08. The quantitative estimate of drug-likeness (QED) is 0.410. The van der Waals surface area contributed by atoms with E-state index < -0.39 is 12.6 Å². The number of hydrazine groups is 1. The average molecular weight is 235 g/mol. The molecule has 1 rings (SSSR count). The van der Waals surface area contributed by atoms with Crippen molar-refractivity contribution in [2.24, 2.45) is 5.84 Å². The Balaban J connectivity index is 2.32. The molecule has 0 aromatic carbocycles. The highest BCUT2D eigenvalue weighted by Crippen LogP contribution is 2.21. The third kappa shape index (κ3) is 4.78. The number of nitrogens with one attached hydrogen (secondary N) is 2. The van der Waals surface area contributed by atoms with Crippen LogP contribution < -0.4 is 16.6 Å². The van der Waals surface area contributed by atoms with E-state index in [2.05, 4.69) is 20.7 Å². The first-order chi connectivity index (χ1) is 7.51. The van der Waals surface area contributed by atoms with Gasteiger partial charge in [0, 0.05) is 19.0 Å². The number of halogens is 3. The summed E-state index contributed by atoms with van der Waals surface area (Å²) in [5, 5.41) is 2.75. The van der Waals surface area contributed by atoms with E-state index in [0.717, 1.165) is 0 Å². The van der Waals surface area contributed by atoms with Crippen molar-refractivity contribution in [2.45, 2.75) is 19.0 Å². The summed E-state index contributed by atoms with van der Waals surface area (Å²) in [6.45, 7) is 0.195. The summed E-state index contributed by atoms with van der Waals surface area (Å²) in [6.07, 6.45) is -3.66. The van der Waals surface area contributed by atoms with Gasteiger partial charge >= 0.3 is 6.18 Å². The Morgan fingerprint density at radius 1 is 1.25 bits per heavy atom. The lowest BCUT2D eigenvalue weighted by Crippen LogP contribution is -2.12. The Kier molecular flexibility index (Phi) is 4.29. The average Bonchev–Trinajstić information content (AvgIpc) is 2.23. The summed E-state index contributed by atoms with van der Waals surface area (Å²) in [4.78, 5) is 7.58. The molecule has 0 amide bonds. The van der Waals surface area contributed by atoms with E-state index in [1.165, 1.54) is 12.4 Å². The van der Waals surface area contributed by atoms with Crippen LogP contribution in [0.25, 0.3) is 0 Å². The highest BCUT2D eigenvalue weighted by atomic mass is 19.4. The maximum absolute atomic E-state index is 11.8. The summed E-state index contributed by atoms with van der Waals surface area (Å²) in [5.41, 5.74) is 2.31. The molecule has 0 aliphatic rings. The Labute approximate surface area is 90.2 Å². The minimum atomic E-state index is -4.11. The fourth-order valence-electron chi connectivity index (χ4n) is 1.04. The molecule has 0 radical (unpaired) electrons. The molecular weight excluding hydrogens is 223 g/mol. The van der Waals surface area contributed by atoms with Crippen LogP contribution in [-0.2, 0) is 0 Å². The summed E-state index contributed by atoms with van der Waals surface area (Å²) < 4.78 is 35.5. The first-order valence-corrected chi connectivity index (χ1v) is 4.60.